The summed E-state index contributed by atoms with van der Waals surface area (Å²) in [5, 5.41) is 17.8. The Morgan fingerprint density at radius 3 is 2.69 bits per heavy atom. The molecule has 4 aromatic rings. The lowest BCUT2D eigenvalue weighted by Crippen LogP contribution is -2.48. The van der Waals surface area contributed by atoms with Gasteiger partial charge in [0.15, 0.2) is 0 Å². The molecule has 2 aliphatic rings. The van der Waals surface area contributed by atoms with Gasteiger partial charge < -0.3 is 29.4 Å². The minimum absolute atomic E-state index is 0.236. The van der Waals surface area contributed by atoms with Gasteiger partial charge in [-0.25, -0.2) is 9.78 Å². The van der Waals surface area contributed by atoms with Crippen LogP contribution in [0.4, 0.5) is 4.79 Å². The molecule has 2 N–H and O–H groups in total. The number of benzene rings is 2. The summed E-state index contributed by atoms with van der Waals surface area (Å²) >= 11 is 0. The van der Waals surface area contributed by atoms with Crippen molar-refractivity contribution in [2.45, 2.75) is 30.8 Å². The van der Waals surface area contributed by atoms with Gasteiger partial charge in [0, 0.05) is 24.6 Å². The van der Waals surface area contributed by atoms with Crippen LogP contribution in [0.2, 0.25) is 0 Å². The number of rotatable bonds is 7. The molecular weight excluding hydrogens is 464 g/mol. The van der Waals surface area contributed by atoms with Crippen LogP contribution in [0, 0.1) is 0 Å². The molecule has 0 unspecified atom stereocenters. The molecule has 2 saturated heterocycles. The third-order valence-corrected chi connectivity index (χ3v) is 6.26. The molecule has 0 spiro atoms. The molecule has 2 aromatic heterocycles. The van der Waals surface area contributed by atoms with Gasteiger partial charge in [0.05, 0.1) is 25.6 Å². The topological polar surface area (TPSA) is 130 Å². The van der Waals surface area contributed by atoms with Crippen molar-refractivity contribution in [2.24, 2.45) is 0 Å². The fourth-order valence-electron chi connectivity index (χ4n) is 4.47. The molecule has 0 aliphatic carbocycles. The van der Waals surface area contributed by atoms with E-state index >= 15 is 0 Å². The summed E-state index contributed by atoms with van der Waals surface area (Å²) < 4.78 is 21.4. The number of fused-ring (bicyclic) bond motifs is 1. The van der Waals surface area contributed by atoms with Crippen LogP contribution in [0.15, 0.2) is 73.3 Å². The number of urea groups is 1. The van der Waals surface area contributed by atoms with E-state index in [2.05, 4.69) is 31.1 Å². The number of carbonyl (C=O) groups excluding carboxylic acids is 1. The van der Waals surface area contributed by atoms with E-state index in [4.69, 9.17) is 14.2 Å². The van der Waals surface area contributed by atoms with E-state index in [1.54, 1.807) is 17.2 Å². The van der Waals surface area contributed by atoms with Crippen LogP contribution in [-0.4, -0.2) is 67.3 Å². The monoisotopic (exact) mass is 488 g/mol. The van der Waals surface area contributed by atoms with Gasteiger partial charge >= 0.3 is 12.0 Å². The minimum Gasteiger partial charge on any atom is -0.423 e. The largest absolute Gasteiger partial charge is 0.423 e. The first-order chi connectivity index (χ1) is 17.7. The first kappa shape index (κ1) is 22.2. The van der Waals surface area contributed by atoms with Crippen LogP contribution in [0.5, 0.6) is 11.8 Å². The van der Waals surface area contributed by atoms with Gasteiger partial charge in [0.25, 0.3) is 0 Å². The SMILES string of the molecule is O=C(NCc1ccccc1)N[C@@H]1CO[C@@H]2[C@@H]1OC[C@@H]2n1nnnc1Oc1ccc(-n2ccnc2)cc1. The highest BCUT2D eigenvalue weighted by atomic mass is 16.6. The molecule has 0 saturated carbocycles. The standard InChI is InChI=1S/C24H24N8O4/c33-23(26-12-16-4-2-1-3-5-16)27-19-13-34-22-20(14-35-21(19)22)32-24(28-29-30-32)36-18-8-6-17(7-9-18)31-11-10-25-15-31/h1-11,15,19-22H,12-14H2,(H2,26,27,33)/t19-,20+,21-,22+/m1/s1. The lowest BCUT2D eigenvalue weighted by atomic mass is 10.1. The minimum atomic E-state index is -0.320. The third kappa shape index (κ3) is 4.51. The molecule has 36 heavy (non-hydrogen) atoms. The Bertz CT molecular complexity index is 1300. The fraction of sp³-hybridized carbons (Fsp3) is 0.292. The number of carbonyl (C=O) groups is 1. The zero-order chi connectivity index (χ0) is 24.3. The Labute approximate surface area is 206 Å². The smallest absolute Gasteiger partial charge is 0.341 e. The van der Waals surface area contributed by atoms with Crippen molar-refractivity contribution >= 4 is 6.03 Å². The predicted octanol–water partition coefficient (Wildman–Crippen LogP) is 1.86. The van der Waals surface area contributed by atoms with Gasteiger partial charge in [-0.15, -0.1) is 0 Å². The molecule has 4 atom stereocenters. The van der Waals surface area contributed by atoms with Gasteiger partial charge in [-0.1, -0.05) is 35.4 Å². The average Bonchev–Trinajstić information content (AvgIpc) is 3.71. The van der Waals surface area contributed by atoms with Crippen LogP contribution in [-0.2, 0) is 16.0 Å². The number of ether oxygens (including phenoxy) is 3. The van der Waals surface area contributed by atoms with Crippen molar-refractivity contribution in [3.05, 3.63) is 78.9 Å². The summed E-state index contributed by atoms with van der Waals surface area (Å²) in [7, 11) is 0. The van der Waals surface area contributed by atoms with Gasteiger partial charge in [0.1, 0.15) is 24.0 Å². The number of hydrogen-bond acceptors (Lipinski definition) is 8. The number of aromatic nitrogens is 6. The van der Waals surface area contributed by atoms with Gasteiger partial charge in [-0.05, 0) is 40.3 Å². The van der Waals surface area contributed by atoms with Crippen molar-refractivity contribution < 1.29 is 19.0 Å². The van der Waals surface area contributed by atoms with E-state index in [9.17, 15) is 4.79 Å². The molecule has 12 heteroatoms. The summed E-state index contributed by atoms with van der Waals surface area (Å²) in [6.07, 6.45) is 4.67. The first-order valence-corrected chi connectivity index (χ1v) is 11.6. The Hall–Kier alpha value is -4.29. The highest BCUT2D eigenvalue weighted by molar-refractivity contribution is 5.74. The van der Waals surface area contributed by atoms with Crippen LogP contribution < -0.4 is 15.4 Å². The Balaban J connectivity index is 1.07. The van der Waals surface area contributed by atoms with E-state index in [1.807, 2.05) is 65.4 Å². The molecular formula is C24H24N8O4. The highest BCUT2D eigenvalue weighted by Crippen LogP contribution is 2.36. The van der Waals surface area contributed by atoms with Gasteiger partial charge in [-0.2, -0.15) is 4.68 Å². The van der Waals surface area contributed by atoms with Crippen molar-refractivity contribution in [3.8, 4) is 17.4 Å². The number of tetrazole rings is 1. The Kier molecular flexibility index (Phi) is 6.01. The summed E-state index contributed by atoms with van der Waals surface area (Å²) in [4.78, 5) is 16.5. The molecule has 2 aliphatic heterocycles. The number of nitrogens with zero attached hydrogens (tertiary/aromatic N) is 6. The summed E-state index contributed by atoms with van der Waals surface area (Å²) in [6.45, 7) is 1.10. The molecule has 2 amide bonds. The van der Waals surface area contributed by atoms with Crippen LogP contribution in [0.3, 0.4) is 0 Å². The molecule has 4 heterocycles. The van der Waals surface area contributed by atoms with Crippen LogP contribution in [0.1, 0.15) is 11.6 Å². The molecule has 0 radical (unpaired) electrons. The summed E-state index contributed by atoms with van der Waals surface area (Å²) in [6, 6.07) is 16.6. The van der Waals surface area contributed by atoms with Crippen LogP contribution >= 0.6 is 0 Å². The molecule has 2 fully saturated rings. The molecule has 12 nitrogen and oxygen atoms in total. The van der Waals surface area contributed by atoms with Crippen molar-refractivity contribution in [2.75, 3.05) is 13.2 Å². The maximum Gasteiger partial charge on any atom is 0.341 e. The zero-order valence-electron chi connectivity index (χ0n) is 19.2. The molecule has 184 valence electrons. The number of imidazole rings is 1. The van der Waals surface area contributed by atoms with E-state index in [-0.39, 0.29) is 36.3 Å². The number of amides is 2. The maximum absolute atomic E-state index is 12.4. The van der Waals surface area contributed by atoms with Crippen molar-refractivity contribution in [3.63, 3.8) is 0 Å². The van der Waals surface area contributed by atoms with Crippen molar-refractivity contribution in [1.82, 2.24) is 40.4 Å². The lowest BCUT2D eigenvalue weighted by molar-refractivity contribution is 0.0613. The van der Waals surface area contributed by atoms with Gasteiger partial charge in [-0.3, -0.25) is 0 Å². The zero-order valence-corrected chi connectivity index (χ0v) is 19.2. The molecule has 0 bridgehead atoms. The van der Waals surface area contributed by atoms with E-state index < -0.39 is 0 Å². The highest BCUT2D eigenvalue weighted by Gasteiger charge is 2.50. The molecule has 6 rings (SSSR count). The maximum atomic E-state index is 12.4. The number of nitrogens with one attached hydrogen (secondary N) is 2. The summed E-state index contributed by atoms with van der Waals surface area (Å²) in [5.41, 5.74) is 1.98. The lowest BCUT2D eigenvalue weighted by Gasteiger charge is -2.18. The second-order valence-electron chi connectivity index (χ2n) is 8.55. The van der Waals surface area contributed by atoms with Crippen LogP contribution in [0.25, 0.3) is 5.69 Å². The quantitative estimate of drug-likeness (QED) is 0.403. The first-order valence-electron chi connectivity index (χ1n) is 11.6. The average molecular weight is 489 g/mol. The number of hydrogen-bond donors (Lipinski definition) is 2. The second-order valence-corrected chi connectivity index (χ2v) is 8.55. The Morgan fingerprint density at radius 1 is 1.06 bits per heavy atom. The summed E-state index contributed by atoms with van der Waals surface area (Å²) in [5.74, 6) is 0.590. The van der Waals surface area contributed by atoms with E-state index in [0.717, 1.165) is 11.3 Å². The second kappa shape index (κ2) is 9.76. The fourth-order valence-corrected chi connectivity index (χ4v) is 4.47. The van der Waals surface area contributed by atoms with E-state index in [1.165, 1.54) is 0 Å². The third-order valence-electron chi connectivity index (χ3n) is 6.26. The normalized spacial score (nSPS) is 22.8. The van der Waals surface area contributed by atoms with Crippen molar-refractivity contribution in [1.29, 1.82) is 0 Å². The Morgan fingerprint density at radius 2 is 1.89 bits per heavy atom. The van der Waals surface area contributed by atoms with E-state index in [0.29, 0.717) is 25.5 Å². The van der Waals surface area contributed by atoms with Gasteiger partial charge in [0.2, 0.25) is 0 Å². The predicted molar refractivity (Wildman–Crippen MR) is 126 cm³/mol. The molecule has 2 aromatic carbocycles.